The zero-order chi connectivity index (χ0) is 22.9. The molecule has 0 amide bonds. The number of rotatable bonds is 11. The van der Waals surface area contributed by atoms with Gasteiger partial charge in [-0.15, -0.1) is 0 Å². The molecule has 170 valence electrons. The standard InChI is InChI=1S/C25H30ClN3O3/c1-18(28-23-11-12-27-24-16-21(26)9-10-22(23)24)4-3-13-29(14-15-30)17-19-5-7-20(8-6-19)25(31)32-2/h5-12,16,18,30H,3-4,13-15,17H2,1-2H3,(H,27,28). The maximum atomic E-state index is 11.6. The number of benzene rings is 2. The molecule has 1 atom stereocenters. The Kier molecular flexibility index (Phi) is 8.85. The third-order valence-electron chi connectivity index (χ3n) is 5.42. The van der Waals surface area contributed by atoms with Crippen LogP contribution in [-0.2, 0) is 11.3 Å². The van der Waals surface area contributed by atoms with E-state index in [1.165, 1.54) is 7.11 Å². The molecule has 1 unspecified atom stereocenters. The van der Waals surface area contributed by atoms with E-state index in [-0.39, 0.29) is 18.6 Å². The monoisotopic (exact) mass is 455 g/mol. The normalized spacial score (nSPS) is 12.2. The summed E-state index contributed by atoms with van der Waals surface area (Å²) in [5, 5.41) is 14.8. The smallest absolute Gasteiger partial charge is 0.337 e. The number of aromatic nitrogens is 1. The van der Waals surface area contributed by atoms with E-state index in [1.807, 2.05) is 36.4 Å². The molecule has 0 aliphatic heterocycles. The summed E-state index contributed by atoms with van der Waals surface area (Å²) in [6.45, 7) is 4.48. The Labute approximate surface area is 194 Å². The van der Waals surface area contributed by atoms with Gasteiger partial charge >= 0.3 is 5.97 Å². The van der Waals surface area contributed by atoms with E-state index >= 15 is 0 Å². The molecule has 0 fully saturated rings. The fourth-order valence-corrected chi connectivity index (χ4v) is 3.91. The molecule has 0 saturated carbocycles. The highest BCUT2D eigenvalue weighted by Crippen LogP contribution is 2.25. The van der Waals surface area contributed by atoms with E-state index in [2.05, 4.69) is 22.1 Å². The van der Waals surface area contributed by atoms with Crippen LogP contribution in [0.4, 0.5) is 5.69 Å². The summed E-state index contributed by atoms with van der Waals surface area (Å²) in [7, 11) is 1.38. The number of aliphatic hydroxyl groups excluding tert-OH is 1. The number of esters is 1. The largest absolute Gasteiger partial charge is 0.465 e. The average Bonchev–Trinajstić information content (AvgIpc) is 2.79. The van der Waals surface area contributed by atoms with Crippen LogP contribution in [0.25, 0.3) is 10.9 Å². The fourth-order valence-electron chi connectivity index (χ4n) is 3.74. The molecule has 0 spiro atoms. The maximum Gasteiger partial charge on any atom is 0.337 e. The highest BCUT2D eigenvalue weighted by atomic mass is 35.5. The number of ether oxygens (including phenoxy) is 1. The Morgan fingerprint density at radius 2 is 1.97 bits per heavy atom. The minimum Gasteiger partial charge on any atom is -0.465 e. The summed E-state index contributed by atoms with van der Waals surface area (Å²) < 4.78 is 4.75. The molecule has 0 saturated heterocycles. The van der Waals surface area contributed by atoms with Crippen LogP contribution in [0.2, 0.25) is 5.02 Å². The Morgan fingerprint density at radius 3 is 2.69 bits per heavy atom. The summed E-state index contributed by atoms with van der Waals surface area (Å²) in [6.07, 6.45) is 3.77. The number of nitrogens with zero attached hydrogens (tertiary/aromatic N) is 2. The topological polar surface area (TPSA) is 74.7 Å². The van der Waals surface area contributed by atoms with Gasteiger partial charge < -0.3 is 15.2 Å². The van der Waals surface area contributed by atoms with Gasteiger partial charge in [-0.2, -0.15) is 0 Å². The summed E-state index contributed by atoms with van der Waals surface area (Å²) >= 11 is 6.08. The number of methoxy groups -OCH3 is 1. The number of fused-ring (bicyclic) bond motifs is 1. The molecule has 6 nitrogen and oxygen atoms in total. The highest BCUT2D eigenvalue weighted by molar-refractivity contribution is 6.31. The number of halogens is 1. The second-order valence-corrected chi connectivity index (χ2v) is 8.33. The second-order valence-electron chi connectivity index (χ2n) is 7.90. The molecule has 3 aromatic rings. The lowest BCUT2D eigenvalue weighted by molar-refractivity contribution is 0.0600. The number of nitrogens with one attached hydrogen (secondary N) is 1. The molecule has 7 heteroatoms. The van der Waals surface area contributed by atoms with Gasteiger partial charge in [0.2, 0.25) is 0 Å². The predicted molar refractivity (Wildman–Crippen MR) is 129 cm³/mol. The molecule has 2 N–H and O–H groups in total. The lowest BCUT2D eigenvalue weighted by Crippen LogP contribution is -2.28. The van der Waals surface area contributed by atoms with Crippen molar-refractivity contribution in [2.24, 2.45) is 0 Å². The van der Waals surface area contributed by atoms with Crippen LogP contribution in [0.1, 0.15) is 35.7 Å². The van der Waals surface area contributed by atoms with E-state index in [1.54, 1.807) is 18.3 Å². The molecule has 0 bridgehead atoms. The third kappa shape index (κ3) is 6.66. The van der Waals surface area contributed by atoms with Gasteiger partial charge in [-0.3, -0.25) is 9.88 Å². The van der Waals surface area contributed by atoms with Gasteiger partial charge in [-0.05, 0) is 68.3 Å². The fraction of sp³-hybridized carbons (Fsp3) is 0.360. The molecule has 3 rings (SSSR count). The van der Waals surface area contributed by atoms with Crippen LogP contribution in [0.5, 0.6) is 0 Å². The molecule has 1 heterocycles. The molecular formula is C25H30ClN3O3. The number of hydrogen-bond acceptors (Lipinski definition) is 6. The summed E-state index contributed by atoms with van der Waals surface area (Å²) in [6, 6.07) is 15.4. The van der Waals surface area contributed by atoms with Crippen molar-refractivity contribution < 1.29 is 14.6 Å². The van der Waals surface area contributed by atoms with Crippen LogP contribution in [0.15, 0.2) is 54.7 Å². The number of carbonyl (C=O) groups is 1. The van der Waals surface area contributed by atoms with Gasteiger partial charge in [0.1, 0.15) is 0 Å². The van der Waals surface area contributed by atoms with E-state index in [0.29, 0.717) is 17.1 Å². The highest BCUT2D eigenvalue weighted by Gasteiger charge is 2.11. The van der Waals surface area contributed by atoms with Crippen molar-refractivity contribution in [2.45, 2.75) is 32.4 Å². The minimum atomic E-state index is -0.338. The van der Waals surface area contributed by atoms with Crippen molar-refractivity contribution in [1.29, 1.82) is 0 Å². The Balaban J connectivity index is 1.52. The van der Waals surface area contributed by atoms with Gasteiger partial charge in [-0.25, -0.2) is 4.79 Å². The quantitative estimate of drug-likeness (QED) is 0.406. The van der Waals surface area contributed by atoms with Crippen LogP contribution in [0.3, 0.4) is 0 Å². The van der Waals surface area contributed by atoms with Crippen LogP contribution in [-0.4, -0.2) is 53.8 Å². The predicted octanol–water partition coefficient (Wildman–Crippen LogP) is 4.75. The Morgan fingerprint density at radius 1 is 1.19 bits per heavy atom. The molecular weight excluding hydrogens is 426 g/mol. The lowest BCUT2D eigenvalue weighted by atomic mass is 10.1. The molecule has 32 heavy (non-hydrogen) atoms. The van der Waals surface area contributed by atoms with Crippen molar-refractivity contribution in [1.82, 2.24) is 9.88 Å². The van der Waals surface area contributed by atoms with Gasteiger partial charge in [0.05, 0.1) is 24.8 Å². The van der Waals surface area contributed by atoms with Gasteiger partial charge in [-0.1, -0.05) is 23.7 Å². The number of hydrogen-bond donors (Lipinski definition) is 2. The van der Waals surface area contributed by atoms with E-state index in [4.69, 9.17) is 16.3 Å². The molecule has 0 radical (unpaired) electrons. The second kappa shape index (κ2) is 11.8. The summed E-state index contributed by atoms with van der Waals surface area (Å²) in [5.74, 6) is -0.338. The lowest BCUT2D eigenvalue weighted by Gasteiger charge is -2.23. The maximum absolute atomic E-state index is 11.6. The van der Waals surface area contributed by atoms with E-state index in [9.17, 15) is 9.90 Å². The van der Waals surface area contributed by atoms with Gasteiger partial charge in [0.15, 0.2) is 0 Å². The SMILES string of the molecule is COC(=O)c1ccc(CN(CCO)CCCC(C)Nc2ccnc3cc(Cl)ccc23)cc1. The molecule has 2 aromatic carbocycles. The van der Waals surface area contributed by atoms with Crippen molar-refractivity contribution in [3.63, 3.8) is 0 Å². The van der Waals surface area contributed by atoms with Crippen molar-refractivity contribution in [3.05, 3.63) is 70.9 Å². The van der Waals surface area contributed by atoms with Crippen LogP contribution >= 0.6 is 11.6 Å². The first-order valence-corrected chi connectivity index (χ1v) is 11.2. The number of aliphatic hydroxyl groups is 1. The summed E-state index contributed by atoms with van der Waals surface area (Å²) in [5.41, 5.74) is 3.56. The van der Waals surface area contributed by atoms with Crippen molar-refractivity contribution in [2.75, 3.05) is 32.1 Å². The third-order valence-corrected chi connectivity index (χ3v) is 5.65. The zero-order valence-electron chi connectivity index (χ0n) is 18.6. The van der Waals surface area contributed by atoms with Gasteiger partial charge in [0.25, 0.3) is 0 Å². The Bertz CT molecular complexity index is 1030. The average molecular weight is 456 g/mol. The summed E-state index contributed by atoms with van der Waals surface area (Å²) in [4.78, 5) is 18.2. The first kappa shape index (κ1) is 24.0. The van der Waals surface area contributed by atoms with E-state index in [0.717, 1.165) is 48.1 Å². The first-order valence-electron chi connectivity index (χ1n) is 10.8. The van der Waals surface area contributed by atoms with Crippen LogP contribution in [0, 0.1) is 0 Å². The number of pyridine rings is 1. The van der Waals surface area contributed by atoms with Crippen molar-refractivity contribution >= 4 is 34.2 Å². The molecule has 1 aromatic heterocycles. The van der Waals surface area contributed by atoms with Crippen molar-refractivity contribution in [3.8, 4) is 0 Å². The van der Waals surface area contributed by atoms with Gasteiger partial charge in [0, 0.05) is 41.4 Å². The van der Waals surface area contributed by atoms with E-state index < -0.39 is 0 Å². The van der Waals surface area contributed by atoms with Crippen LogP contribution < -0.4 is 5.32 Å². The first-order chi connectivity index (χ1) is 15.5. The molecule has 0 aliphatic rings. The number of carbonyl (C=O) groups excluding carboxylic acids is 1. The zero-order valence-corrected chi connectivity index (χ0v) is 19.3. The Hall–Kier alpha value is -2.67. The molecule has 0 aliphatic carbocycles. The number of anilines is 1. The minimum absolute atomic E-state index is 0.111.